The van der Waals surface area contributed by atoms with Crippen LogP contribution in [0.2, 0.25) is 0 Å². The predicted molar refractivity (Wildman–Crippen MR) is 147 cm³/mol. The zero-order valence-corrected chi connectivity index (χ0v) is 23.4. The lowest BCUT2D eigenvalue weighted by Crippen LogP contribution is -2.45. The van der Waals surface area contributed by atoms with Gasteiger partial charge >= 0.3 is 0 Å². The Morgan fingerprint density at radius 2 is 1.87 bits per heavy atom. The van der Waals surface area contributed by atoms with E-state index in [1.54, 1.807) is 10.9 Å². The van der Waals surface area contributed by atoms with E-state index in [2.05, 4.69) is 40.0 Å². The second kappa shape index (κ2) is 9.87. The fourth-order valence-electron chi connectivity index (χ4n) is 6.32. The van der Waals surface area contributed by atoms with Crippen LogP contribution < -0.4 is 16.1 Å². The minimum atomic E-state index is -3.31. The van der Waals surface area contributed by atoms with Gasteiger partial charge in [-0.25, -0.2) is 13.1 Å². The third kappa shape index (κ3) is 4.63. The van der Waals surface area contributed by atoms with Gasteiger partial charge in [-0.05, 0) is 37.3 Å². The largest absolute Gasteiger partial charge is 0.381 e. The fourth-order valence-corrected chi connectivity index (χ4v) is 7.07. The van der Waals surface area contributed by atoms with Crippen LogP contribution in [0.3, 0.4) is 0 Å². The number of rotatable bonds is 6. The van der Waals surface area contributed by atoms with E-state index < -0.39 is 9.84 Å². The third-order valence-corrected chi connectivity index (χ3v) is 8.70. The number of hydrazine groups is 1. The monoisotopic (exact) mass is 547 g/mol. The van der Waals surface area contributed by atoms with Gasteiger partial charge in [-0.1, -0.05) is 35.5 Å². The smallest absolute Gasteiger partial charge is 0.153 e. The second-order valence-corrected chi connectivity index (χ2v) is 12.8. The summed E-state index contributed by atoms with van der Waals surface area (Å²) in [6.45, 7) is 3.35. The topological polar surface area (TPSA) is 115 Å². The summed E-state index contributed by atoms with van der Waals surface area (Å²) in [5, 5.41) is 11.9. The molecule has 3 aliphatic heterocycles. The average Bonchev–Trinajstić information content (AvgIpc) is 3.42. The summed E-state index contributed by atoms with van der Waals surface area (Å²) in [5.74, 6) is 0.239. The van der Waals surface area contributed by atoms with Crippen molar-refractivity contribution in [2.24, 2.45) is 18.0 Å². The van der Waals surface area contributed by atoms with Gasteiger partial charge in [0.25, 0.3) is 0 Å². The summed E-state index contributed by atoms with van der Waals surface area (Å²) in [5.41, 5.74) is 9.57. The maximum Gasteiger partial charge on any atom is 0.153 e. The Labute approximate surface area is 228 Å². The zero-order valence-electron chi connectivity index (χ0n) is 22.6. The number of sulfone groups is 1. The molecule has 1 saturated heterocycles. The molecule has 3 aliphatic rings. The highest BCUT2D eigenvalue weighted by atomic mass is 32.2. The molecule has 0 bridgehead atoms. The Morgan fingerprint density at radius 3 is 2.54 bits per heavy atom. The van der Waals surface area contributed by atoms with E-state index >= 15 is 0 Å². The third-order valence-electron chi connectivity index (χ3n) is 7.89. The van der Waals surface area contributed by atoms with Crippen molar-refractivity contribution in [2.75, 3.05) is 32.3 Å². The van der Waals surface area contributed by atoms with Gasteiger partial charge in [-0.3, -0.25) is 15.0 Å². The van der Waals surface area contributed by atoms with Crippen molar-refractivity contribution in [1.29, 1.82) is 0 Å². The molecule has 0 amide bonds. The van der Waals surface area contributed by atoms with Crippen LogP contribution >= 0.6 is 0 Å². The lowest BCUT2D eigenvalue weighted by molar-refractivity contribution is 0.0560. The Hall–Kier alpha value is -3.57. The van der Waals surface area contributed by atoms with E-state index in [0.29, 0.717) is 24.8 Å². The van der Waals surface area contributed by atoms with Gasteiger partial charge < -0.3 is 10.2 Å². The van der Waals surface area contributed by atoms with Gasteiger partial charge in [-0.2, -0.15) is 0 Å². The van der Waals surface area contributed by atoms with Crippen LogP contribution in [0.5, 0.6) is 0 Å². The van der Waals surface area contributed by atoms with Crippen molar-refractivity contribution in [3.63, 3.8) is 0 Å². The van der Waals surface area contributed by atoms with Crippen LogP contribution in [0, 0.1) is 12.8 Å². The summed E-state index contributed by atoms with van der Waals surface area (Å²) in [6.07, 6.45) is 4.87. The zero-order chi connectivity index (χ0) is 27.3. The van der Waals surface area contributed by atoms with Gasteiger partial charge in [-0.15, -0.1) is 5.10 Å². The standard InChI is InChI=1S/C28H33N7O3S/c1-17-27(35(3)33-31-17)20-10-13-29-26-24(20)30-25(23-21(16-39(4,36)37)32-34(2)28(23)26)22(18-8-6-5-7-9-18)19-11-14-38-15-12-19/h5-10,13,19,22,25,32H,11-12,14-16H2,1-4H3. The van der Waals surface area contributed by atoms with Gasteiger partial charge in [0.15, 0.2) is 9.84 Å². The maximum absolute atomic E-state index is 12.6. The molecule has 3 aromatic rings. The normalized spacial score (nSPS) is 20.4. The molecule has 5 heterocycles. The molecule has 0 saturated carbocycles. The van der Waals surface area contributed by atoms with Gasteiger partial charge in [0.1, 0.15) is 5.35 Å². The molecular weight excluding hydrogens is 514 g/mol. The first-order valence-electron chi connectivity index (χ1n) is 13.2. The van der Waals surface area contributed by atoms with E-state index in [1.807, 2.05) is 38.2 Å². The Bertz CT molecular complexity index is 1660. The van der Waals surface area contributed by atoms with E-state index in [1.165, 1.54) is 11.8 Å². The number of aryl methyl sites for hydroxylation is 2. The molecule has 2 aromatic heterocycles. The Kier molecular flexibility index (Phi) is 6.50. The lowest BCUT2D eigenvalue weighted by atomic mass is 9.73. The SMILES string of the molecule is Cc1nnn(C)c1-c1ccnc2c1=NC(C(c1ccccc1)C1CCOCC1)C1=C(CS(C)(=O)=O)NN(C)C=21. The molecule has 2 atom stereocenters. The van der Waals surface area contributed by atoms with E-state index in [4.69, 9.17) is 14.7 Å². The average molecular weight is 548 g/mol. The fraction of sp³-hybridized carbons (Fsp3) is 0.429. The van der Waals surface area contributed by atoms with E-state index in [-0.39, 0.29) is 17.7 Å². The first-order valence-corrected chi connectivity index (χ1v) is 15.3. The molecule has 1 N–H and O–H groups in total. The number of fused-ring (bicyclic) bond motifs is 2. The van der Waals surface area contributed by atoms with Crippen molar-refractivity contribution < 1.29 is 13.2 Å². The Balaban J connectivity index is 1.68. The molecule has 0 radical (unpaired) electrons. The molecule has 11 heteroatoms. The van der Waals surface area contributed by atoms with Crippen molar-refractivity contribution in [3.05, 3.63) is 75.8 Å². The van der Waals surface area contributed by atoms with Gasteiger partial charge in [0, 0.05) is 56.8 Å². The number of nitrogens with zero attached hydrogens (tertiary/aromatic N) is 6. The van der Waals surface area contributed by atoms with Gasteiger partial charge in [0.05, 0.1) is 39.9 Å². The summed E-state index contributed by atoms with van der Waals surface area (Å²) < 4.78 is 32.6. The number of benzene rings is 1. The first kappa shape index (κ1) is 25.7. The number of aromatic nitrogens is 4. The van der Waals surface area contributed by atoms with Crippen LogP contribution in [-0.4, -0.2) is 71.7 Å². The summed E-state index contributed by atoms with van der Waals surface area (Å²) in [4.78, 5) is 10.3. The first-order chi connectivity index (χ1) is 18.7. The second-order valence-electron chi connectivity index (χ2n) is 10.6. The quantitative estimate of drug-likeness (QED) is 0.491. The number of hydrogen-bond donors (Lipinski definition) is 1. The maximum atomic E-state index is 12.6. The van der Waals surface area contributed by atoms with Crippen molar-refractivity contribution in [3.8, 4) is 11.3 Å². The van der Waals surface area contributed by atoms with Crippen molar-refractivity contribution >= 4 is 15.5 Å². The van der Waals surface area contributed by atoms with E-state index in [9.17, 15) is 8.42 Å². The number of hydrogen-bond acceptors (Lipinski definition) is 9. The molecule has 204 valence electrons. The summed E-state index contributed by atoms with van der Waals surface area (Å²) in [7, 11) is 0.474. The molecule has 2 unspecified atom stereocenters. The van der Waals surface area contributed by atoms with E-state index in [0.717, 1.165) is 51.8 Å². The highest BCUT2D eigenvalue weighted by Gasteiger charge is 2.42. The van der Waals surface area contributed by atoms with Crippen LogP contribution in [0.4, 0.5) is 0 Å². The Morgan fingerprint density at radius 1 is 1.13 bits per heavy atom. The van der Waals surface area contributed by atoms with Gasteiger partial charge in [0.2, 0.25) is 0 Å². The number of nitrogens with one attached hydrogen (secondary N) is 1. The minimum Gasteiger partial charge on any atom is -0.381 e. The molecule has 1 aromatic carbocycles. The predicted octanol–water partition coefficient (Wildman–Crippen LogP) is 1.25. The lowest BCUT2D eigenvalue weighted by Gasteiger charge is -2.36. The van der Waals surface area contributed by atoms with Crippen LogP contribution in [0.15, 0.2) is 58.9 Å². The molecular formula is C28H33N7O3S. The molecule has 39 heavy (non-hydrogen) atoms. The van der Waals surface area contributed by atoms with Crippen molar-refractivity contribution in [2.45, 2.75) is 31.7 Å². The molecule has 10 nitrogen and oxygen atoms in total. The van der Waals surface area contributed by atoms with Crippen LogP contribution in [0.25, 0.3) is 17.0 Å². The summed E-state index contributed by atoms with van der Waals surface area (Å²) >= 11 is 0. The minimum absolute atomic E-state index is 0.0231. The molecule has 0 aliphatic carbocycles. The molecule has 1 fully saturated rings. The van der Waals surface area contributed by atoms with Crippen molar-refractivity contribution in [1.82, 2.24) is 30.4 Å². The number of likely N-dealkylation sites (N-methyl/N-ethyl adjacent to an activating group) is 1. The molecule has 0 spiro atoms. The van der Waals surface area contributed by atoms with Crippen LogP contribution in [-0.2, 0) is 21.6 Å². The highest BCUT2D eigenvalue weighted by molar-refractivity contribution is 7.90. The summed E-state index contributed by atoms with van der Waals surface area (Å²) in [6, 6.07) is 12.1. The van der Waals surface area contributed by atoms with Crippen LogP contribution in [0.1, 0.15) is 30.0 Å². The molecule has 6 rings (SSSR count). The number of pyridine rings is 1. The number of ether oxygens (including phenoxy) is 1. The highest BCUT2D eigenvalue weighted by Crippen LogP contribution is 2.43.